The quantitative estimate of drug-likeness (QED) is 0.371. The Morgan fingerprint density at radius 3 is 2.54 bits per heavy atom. The summed E-state index contributed by atoms with van der Waals surface area (Å²) in [7, 11) is 0. The lowest BCUT2D eigenvalue weighted by Gasteiger charge is -2.38. The molecule has 2 aromatic rings. The van der Waals surface area contributed by atoms with Gasteiger partial charge in [0.2, 0.25) is 17.7 Å². The summed E-state index contributed by atoms with van der Waals surface area (Å²) in [5.74, 6) is -2.80. The highest BCUT2D eigenvalue weighted by atomic mass is 79.9. The van der Waals surface area contributed by atoms with Gasteiger partial charge in [0.05, 0.1) is 41.3 Å². The molecule has 3 aliphatic heterocycles. The van der Waals surface area contributed by atoms with Crippen LogP contribution >= 0.6 is 27.5 Å². The van der Waals surface area contributed by atoms with Gasteiger partial charge in [-0.1, -0.05) is 90.3 Å². The van der Waals surface area contributed by atoms with Crippen molar-refractivity contribution in [1.82, 2.24) is 10.2 Å². The SMILES string of the molecule is CC[C@H](C)[C@H](CO)N1C(=O)[C@@H]2[C@@H](C(=O)NCc3ccccc3)[C@@H]3OC2(CC3Br)C1C(=O)Nc1ccccc1Cl. The smallest absolute Gasteiger partial charge is 0.250 e. The lowest BCUT2D eigenvalue weighted by Crippen LogP contribution is -2.57. The first-order valence-corrected chi connectivity index (χ1v) is 14.6. The number of nitrogens with zero attached hydrogens (tertiary/aromatic N) is 1. The molecule has 1 spiro atoms. The molecule has 0 saturated carbocycles. The Hall–Kier alpha value is -2.46. The minimum atomic E-state index is -1.23. The molecule has 3 unspecified atom stereocenters. The summed E-state index contributed by atoms with van der Waals surface area (Å²) in [6.07, 6.45) is 0.507. The number of carbonyl (C=O) groups excluding carboxylic acids is 3. The van der Waals surface area contributed by atoms with Crippen LogP contribution in [0.5, 0.6) is 0 Å². The van der Waals surface area contributed by atoms with E-state index in [9.17, 15) is 19.5 Å². The number of alkyl halides is 1. The predicted octanol–water partition coefficient (Wildman–Crippen LogP) is 3.75. The van der Waals surface area contributed by atoms with Crippen molar-refractivity contribution < 1.29 is 24.2 Å². The van der Waals surface area contributed by atoms with E-state index in [-0.39, 0.29) is 29.2 Å². The predicted molar refractivity (Wildman–Crippen MR) is 151 cm³/mol. The zero-order chi connectivity index (χ0) is 27.9. The van der Waals surface area contributed by atoms with Crippen molar-refractivity contribution >= 4 is 50.9 Å². The highest BCUT2D eigenvalue weighted by Gasteiger charge is 2.77. The minimum absolute atomic E-state index is 0.0906. The van der Waals surface area contributed by atoms with Gasteiger partial charge in [-0.05, 0) is 30.0 Å². The fourth-order valence-corrected chi connectivity index (χ4v) is 7.63. The number of ether oxygens (including phenoxy) is 1. The zero-order valence-electron chi connectivity index (χ0n) is 21.8. The minimum Gasteiger partial charge on any atom is -0.394 e. The van der Waals surface area contributed by atoms with Crippen molar-refractivity contribution in [3.05, 3.63) is 65.2 Å². The number of hydrogen-bond donors (Lipinski definition) is 3. The molecule has 3 heterocycles. The fraction of sp³-hybridized carbons (Fsp3) is 0.483. The van der Waals surface area contributed by atoms with Crippen LogP contribution in [0.15, 0.2) is 54.6 Å². The highest BCUT2D eigenvalue weighted by Crippen LogP contribution is 2.60. The van der Waals surface area contributed by atoms with E-state index < -0.39 is 41.5 Å². The maximum atomic E-state index is 14.3. The Morgan fingerprint density at radius 1 is 1.18 bits per heavy atom. The van der Waals surface area contributed by atoms with E-state index in [4.69, 9.17) is 16.3 Å². The summed E-state index contributed by atoms with van der Waals surface area (Å²) in [6, 6.07) is 14.8. The summed E-state index contributed by atoms with van der Waals surface area (Å²) in [6.45, 7) is 3.92. The molecule has 3 amide bonds. The Morgan fingerprint density at radius 2 is 1.87 bits per heavy atom. The lowest BCUT2D eigenvalue weighted by atomic mass is 9.70. The van der Waals surface area contributed by atoms with Crippen LogP contribution in [0.3, 0.4) is 0 Å². The van der Waals surface area contributed by atoms with Gasteiger partial charge in [-0.25, -0.2) is 0 Å². The van der Waals surface area contributed by atoms with Crippen molar-refractivity contribution in [3.63, 3.8) is 0 Å². The van der Waals surface area contributed by atoms with E-state index in [0.29, 0.717) is 30.1 Å². The van der Waals surface area contributed by atoms with Crippen LogP contribution in [0.4, 0.5) is 5.69 Å². The molecule has 0 aliphatic carbocycles. The van der Waals surface area contributed by atoms with E-state index in [1.165, 1.54) is 4.90 Å². The molecule has 2 bridgehead atoms. The molecule has 5 rings (SSSR count). The topological polar surface area (TPSA) is 108 Å². The van der Waals surface area contributed by atoms with E-state index in [2.05, 4.69) is 26.6 Å². The first-order chi connectivity index (χ1) is 18.7. The van der Waals surface area contributed by atoms with Crippen LogP contribution in [0, 0.1) is 17.8 Å². The van der Waals surface area contributed by atoms with Crippen molar-refractivity contribution in [2.24, 2.45) is 17.8 Å². The molecule has 0 radical (unpaired) electrons. The number of fused-ring (bicyclic) bond motifs is 1. The number of likely N-dealkylation sites (tertiary alicyclic amines) is 1. The number of hydrogen-bond acceptors (Lipinski definition) is 5. The number of nitrogens with one attached hydrogen (secondary N) is 2. The Balaban J connectivity index is 1.52. The second-order valence-electron chi connectivity index (χ2n) is 10.7. The number of aliphatic hydroxyl groups is 1. The third kappa shape index (κ3) is 4.77. The van der Waals surface area contributed by atoms with Gasteiger partial charge in [0, 0.05) is 11.4 Å². The summed E-state index contributed by atoms with van der Waals surface area (Å²) in [5, 5.41) is 16.7. The second kappa shape index (κ2) is 11.2. The van der Waals surface area contributed by atoms with Crippen LogP contribution < -0.4 is 10.6 Å². The van der Waals surface area contributed by atoms with Gasteiger partial charge in [-0.3, -0.25) is 14.4 Å². The molecule has 2 aromatic carbocycles. The van der Waals surface area contributed by atoms with E-state index in [1.54, 1.807) is 24.3 Å². The molecule has 8 atom stereocenters. The number of para-hydroxylation sites is 1. The van der Waals surface area contributed by atoms with Gasteiger partial charge in [-0.2, -0.15) is 0 Å². The van der Waals surface area contributed by atoms with Crippen molar-refractivity contribution in [3.8, 4) is 0 Å². The first kappa shape index (κ1) is 28.1. The number of halogens is 2. The molecule has 39 heavy (non-hydrogen) atoms. The van der Waals surface area contributed by atoms with Crippen molar-refractivity contribution in [2.45, 2.75) is 61.8 Å². The first-order valence-electron chi connectivity index (χ1n) is 13.4. The number of aliphatic hydroxyl groups excluding tert-OH is 1. The highest BCUT2D eigenvalue weighted by molar-refractivity contribution is 9.09. The van der Waals surface area contributed by atoms with Gasteiger partial charge >= 0.3 is 0 Å². The van der Waals surface area contributed by atoms with Crippen molar-refractivity contribution in [2.75, 3.05) is 11.9 Å². The number of benzene rings is 2. The molecule has 3 fully saturated rings. The third-order valence-electron chi connectivity index (χ3n) is 8.56. The van der Waals surface area contributed by atoms with Crippen LogP contribution in [0.2, 0.25) is 5.02 Å². The second-order valence-corrected chi connectivity index (χ2v) is 12.3. The molecule has 10 heteroatoms. The Kier molecular flexibility index (Phi) is 8.06. The van der Waals surface area contributed by atoms with Gasteiger partial charge in [0.25, 0.3) is 0 Å². The number of amides is 3. The molecule has 3 aliphatic rings. The normalized spacial score (nSPS) is 30.6. The molecule has 3 N–H and O–H groups in total. The maximum absolute atomic E-state index is 14.3. The molecule has 3 saturated heterocycles. The van der Waals surface area contributed by atoms with E-state index in [1.807, 2.05) is 44.2 Å². The molecule has 0 aromatic heterocycles. The van der Waals surface area contributed by atoms with Crippen LogP contribution in [-0.2, 0) is 25.7 Å². The van der Waals surface area contributed by atoms with Crippen molar-refractivity contribution in [1.29, 1.82) is 0 Å². The molecular weight excluding hydrogens is 586 g/mol. The number of carbonyl (C=O) groups is 3. The maximum Gasteiger partial charge on any atom is 0.250 e. The average Bonchev–Trinajstić information content (AvgIpc) is 3.53. The number of anilines is 1. The van der Waals surface area contributed by atoms with Gasteiger partial charge in [0.15, 0.2) is 0 Å². The van der Waals surface area contributed by atoms with Gasteiger partial charge in [-0.15, -0.1) is 0 Å². The Bertz CT molecular complexity index is 1250. The average molecular weight is 619 g/mol. The standard InChI is InChI=1S/C29H33BrClN3O5/c1-3-16(2)21(15-35)34-25(27(37)33-20-12-8-7-11-19(20)31)29-13-18(30)24(39-29)22(23(29)28(34)38)26(36)32-14-17-9-5-4-6-10-17/h4-12,16,18,21-25,35H,3,13-15H2,1-2H3,(H,32,36)(H,33,37)/t16-,18?,21-,22+,23-,24+,25?,29?/m0/s1. The van der Waals surface area contributed by atoms with Crippen LogP contribution in [0.1, 0.15) is 32.3 Å². The summed E-state index contributed by atoms with van der Waals surface area (Å²) in [4.78, 5) is 43.2. The molecule has 208 valence electrons. The lowest BCUT2D eigenvalue weighted by molar-refractivity contribution is -0.145. The van der Waals surface area contributed by atoms with Gasteiger partial charge in [0.1, 0.15) is 11.6 Å². The van der Waals surface area contributed by atoms with Gasteiger partial charge < -0.3 is 25.4 Å². The molecule has 8 nitrogen and oxygen atoms in total. The zero-order valence-corrected chi connectivity index (χ0v) is 24.2. The van der Waals surface area contributed by atoms with Crippen LogP contribution in [0.25, 0.3) is 0 Å². The van der Waals surface area contributed by atoms with Crippen LogP contribution in [-0.4, -0.2) is 63.0 Å². The Labute approximate surface area is 241 Å². The van der Waals surface area contributed by atoms with E-state index in [0.717, 1.165) is 5.56 Å². The molecular formula is C29H33BrClN3O5. The largest absolute Gasteiger partial charge is 0.394 e. The summed E-state index contributed by atoms with van der Waals surface area (Å²) < 4.78 is 6.55. The number of rotatable bonds is 9. The monoisotopic (exact) mass is 617 g/mol. The van der Waals surface area contributed by atoms with E-state index >= 15 is 0 Å². The third-order valence-corrected chi connectivity index (χ3v) is 9.74. The summed E-state index contributed by atoms with van der Waals surface area (Å²) in [5.41, 5.74) is 0.130. The fourth-order valence-electron chi connectivity index (χ4n) is 6.50. The summed E-state index contributed by atoms with van der Waals surface area (Å²) >= 11 is 10.0.